The number of carbonyl (C=O) groups is 1. The van der Waals surface area contributed by atoms with Crippen molar-refractivity contribution in [2.75, 3.05) is 13.2 Å². The average Bonchev–Trinajstić information content (AvgIpc) is 3.14. The summed E-state index contributed by atoms with van der Waals surface area (Å²) in [4.78, 5) is 31.6. The molecule has 1 aliphatic rings. The molecule has 9 heteroatoms. The fourth-order valence-electron chi connectivity index (χ4n) is 3.77. The van der Waals surface area contributed by atoms with Crippen LogP contribution in [0.5, 0.6) is 11.5 Å². The number of benzene rings is 2. The smallest absolute Gasteiger partial charge is 0.338 e. The van der Waals surface area contributed by atoms with Crippen molar-refractivity contribution in [3.05, 3.63) is 102 Å². The SMILES string of the molecule is C=CCOc1ccc(C2C(C(=O)OCC)=C(C)N=c3sc(=Cc4ccc(O)c(Br)c4)c(=O)n32)cc1. The molecule has 4 rings (SSSR count). The summed E-state index contributed by atoms with van der Waals surface area (Å²) in [5.74, 6) is 0.249. The van der Waals surface area contributed by atoms with Gasteiger partial charge >= 0.3 is 5.97 Å². The van der Waals surface area contributed by atoms with Gasteiger partial charge in [-0.2, -0.15) is 0 Å². The Morgan fingerprint density at radius 1 is 1.29 bits per heavy atom. The van der Waals surface area contributed by atoms with E-state index >= 15 is 0 Å². The average molecular weight is 555 g/mol. The van der Waals surface area contributed by atoms with Gasteiger partial charge in [0.2, 0.25) is 0 Å². The molecule has 1 aromatic heterocycles. The Kier molecular flexibility index (Phi) is 7.37. The van der Waals surface area contributed by atoms with Gasteiger partial charge in [0.05, 0.1) is 32.9 Å². The zero-order valence-corrected chi connectivity index (χ0v) is 21.6. The van der Waals surface area contributed by atoms with Gasteiger partial charge in [-0.15, -0.1) is 0 Å². The monoisotopic (exact) mass is 554 g/mol. The van der Waals surface area contributed by atoms with E-state index in [1.807, 2.05) is 12.1 Å². The summed E-state index contributed by atoms with van der Waals surface area (Å²) in [6.07, 6.45) is 3.39. The molecule has 3 aromatic rings. The fraction of sp³-hybridized carbons (Fsp3) is 0.192. The Morgan fingerprint density at radius 3 is 2.69 bits per heavy atom. The second kappa shape index (κ2) is 10.5. The van der Waals surface area contributed by atoms with Crippen molar-refractivity contribution in [3.63, 3.8) is 0 Å². The molecule has 0 fully saturated rings. The van der Waals surface area contributed by atoms with Crippen LogP contribution < -0.4 is 19.6 Å². The van der Waals surface area contributed by atoms with E-state index < -0.39 is 12.0 Å². The minimum Gasteiger partial charge on any atom is -0.507 e. The van der Waals surface area contributed by atoms with Crippen LogP contribution in [0.25, 0.3) is 6.08 Å². The van der Waals surface area contributed by atoms with E-state index in [1.54, 1.807) is 56.3 Å². The number of aromatic hydroxyl groups is 1. The van der Waals surface area contributed by atoms with Crippen molar-refractivity contribution in [2.24, 2.45) is 4.99 Å². The topological polar surface area (TPSA) is 90.1 Å². The summed E-state index contributed by atoms with van der Waals surface area (Å²) in [5, 5.41) is 9.78. The van der Waals surface area contributed by atoms with E-state index in [1.165, 1.54) is 15.9 Å². The summed E-state index contributed by atoms with van der Waals surface area (Å²) in [6, 6.07) is 11.5. The van der Waals surface area contributed by atoms with Crippen LogP contribution in [-0.4, -0.2) is 28.9 Å². The van der Waals surface area contributed by atoms with E-state index in [-0.39, 0.29) is 17.9 Å². The van der Waals surface area contributed by atoms with E-state index in [0.717, 1.165) is 11.1 Å². The van der Waals surface area contributed by atoms with E-state index in [9.17, 15) is 14.7 Å². The van der Waals surface area contributed by atoms with Crippen molar-refractivity contribution in [3.8, 4) is 11.5 Å². The molecule has 180 valence electrons. The van der Waals surface area contributed by atoms with Crippen LogP contribution >= 0.6 is 27.3 Å². The van der Waals surface area contributed by atoms with Crippen LogP contribution in [0.1, 0.15) is 31.0 Å². The lowest BCUT2D eigenvalue weighted by Gasteiger charge is -2.24. The third-order valence-electron chi connectivity index (χ3n) is 5.35. The van der Waals surface area contributed by atoms with Crippen LogP contribution in [-0.2, 0) is 9.53 Å². The number of nitrogens with zero attached hydrogens (tertiary/aromatic N) is 2. The normalized spacial score (nSPS) is 15.4. The first-order valence-corrected chi connectivity index (χ1v) is 12.5. The summed E-state index contributed by atoms with van der Waals surface area (Å²) in [7, 11) is 0. The van der Waals surface area contributed by atoms with Crippen molar-refractivity contribution in [1.82, 2.24) is 4.57 Å². The highest BCUT2D eigenvalue weighted by molar-refractivity contribution is 9.10. The number of fused-ring (bicyclic) bond motifs is 1. The Morgan fingerprint density at radius 2 is 2.03 bits per heavy atom. The molecule has 2 heterocycles. The lowest BCUT2D eigenvalue weighted by atomic mass is 9.96. The predicted molar refractivity (Wildman–Crippen MR) is 138 cm³/mol. The van der Waals surface area contributed by atoms with Gasteiger partial charge in [-0.25, -0.2) is 9.79 Å². The molecular formula is C26H23BrN2O5S. The number of aromatic nitrogens is 1. The highest BCUT2D eigenvalue weighted by Gasteiger charge is 2.33. The summed E-state index contributed by atoms with van der Waals surface area (Å²) < 4.78 is 13.4. The molecule has 2 aromatic carbocycles. The molecule has 1 N–H and O–H groups in total. The molecule has 35 heavy (non-hydrogen) atoms. The van der Waals surface area contributed by atoms with Crippen LogP contribution in [0.15, 0.2) is 80.6 Å². The molecule has 0 bridgehead atoms. The van der Waals surface area contributed by atoms with Gasteiger partial charge in [0.15, 0.2) is 4.80 Å². The van der Waals surface area contributed by atoms with Gasteiger partial charge in [-0.05, 0) is 71.2 Å². The van der Waals surface area contributed by atoms with Crippen LogP contribution in [0, 0.1) is 0 Å². The van der Waals surface area contributed by atoms with E-state index in [4.69, 9.17) is 9.47 Å². The van der Waals surface area contributed by atoms with Crippen molar-refractivity contribution in [1.29, 1.82) is 0 Å². The molecule has 1 aliphatic heterocycles. The third-order valence-corrected chi connectivity index (χ3v) is 6.97. The molecule has 0 saturated carbocycles. The van der Waals surface area contributed by atoms with Gasteiger partial charge in [-0.1, -0.05) is 42.2 Å². The summed E-state index contributed by atoms with van der Waals surface area (Å²) >= 11 is 4.54. The molecule has 1 unspecified atom stereocenters. The second-order valence-electron chi connectivity index (χ2n) is 7.68. The first-order valence-electron chi connectivity index (χ1n) is 10.9. The van der Waals surface area contributed by atoms with Gasteiger partial charge in [0.1, 0.15) is 18.1 Å². The first kappa shape index (κ1) is 24.7. The number of ether oxygens (including phenoxy) is 2. The maximum Gasteiger partial charge on any atom is 0.338 e. The molecular weight excluding hydrogens is 532 g/mol. The summed E-state index contributed by atoms with van der Waals surface area (Å²) in [5.41, 5.74) is 2.01. The lowest BCUT2D eigenvalue weighted by molar-refractivity contribution is -0.139. The number of phenols is 1. The van der Waals surface area contributed by atoms with Crippen molar-refractivity contribution in [2.45, 2.75) is 19.9 Å². The van der Waals surface area contributed by atoms with Crippen LogP contribution in [0.2, 0.25) is 0 Å². The third kappa shape index (κ3) is 5.01. The molecule has 0 amide bonds. The number of esters is 1. The van der Waals surface area contributed by atoms with Gasteiger partial charge < -0.3 is 14.6 Å². The quantitative estimate of drug-likeness (QED) is 0.354. The molecule has 1 atom stereocenters. The Hall–Kier alpha value is -3.43. The van der Waals surface area contributed by atoms with E-state index in [0.29, 0.717) is 37.4 Å². The summed E-state index contributed by atoms with van der Waals surface area (Å²) in [6.45, 7) is 7.71. The number of halogens is 1. The number of phenolic OH excluding ortho intramolecular Hbond substituents is 1. The minimum absolute atomic E-state index is 0.110. The van der Waals surface area contributed by atoms with Gasteiger partial charge in [0.25, 0.3) is 5.56 Å². The molecule has 0 radical (unpaired) electrons. The largest absolute Gasteiger partial charge is 0.507 e. The van der Waals surface area contributed by atoms with Gasteiger partial charge in [-0.3, -0.25) is 9.36 Å². The molecule has 0 spiro atoms. The number of carbonyl (C=O) groups excluding carboxylic acids is 1. The zero-order valence-electron chi connectivity index (χ0n) is 19.2. The van der Waals surface area contributed by atoms with Crippen LogP contribution in [0.3, 0.4) is 0 Å². The zero-order chi connectivity index (χ0) is 25.1. The minimum atomic E-state index is -0.701. The van der Waals surface area contributed by atoms with Crippen molar-refractivity contribution >= 4 is 39.3 Å². The fourth-order valence-corrected chi connectivity index (χ4v) is 5.22. The number of hydrogen-bond donors (Lipinski definition) is 1. The number of rotatable bonds is 7. The highest BCUT2D eigenvalue weighted by Crippen LogP contribution is 2.31. The number of allylic oxidation sites excluding steroid dienone is 1. The van der Waals surface area contributed by atoms with Crippen molar-refractivity contribution < 1.29 is 19.4 Å². The molecule has 7 nitrogen and oxygen atoms in total. The first-order chi connectivity index (χ1) is 16.8. The Balaban J connectivity index is 1.89. The number of hydrogen-bond acceptors (Lipinski definition) is 7. The maximum atomic E-state index is 13.6. The predicted octanol–water partition coefficient (Wildman–Crippen LogP) is 3.83. The Bertz CT molecular complexity index is 1500. The Labute approximate surface area is 214 Å². The van der Waals surface area contributed by atoms with E-state index in [2.05, 4.69) is 27.5 Å². The maximum absolute atomic E-state index is 13.6. The number of thiazole rings is 1. The lowest BCUT2D eigenvalue weighted by Crippen LogP contribution is -2.39. The molecule has 0 saturated heterocycles. The highest BCUT2D eigenvalue weighted by atomic mass is 79.9. The molecule has 0 aliphatic carbocycles. The van der Waals surface area contributed by atoms with Gasteiger partial charge in [0, 0.05) is 0 Å². The standard InChI is InChI=1S/C26H23BrN2O5S/c1-4-12-34-18-9-7-17(8-10-18)23-22(25(32)33-5-2)15(3)28-26-29(23)24(31)21(35-26)14-16-6-11-20(30)19(27)13-16/h4,6-11,13-14,23,30H,1,5,12H2,2-3H3. The second-order valence-corrected chi connectivity index (χ2v) is 9.55. The van der Waals surface area contributed by atoms with Crippen LogP contribution in [0.4, 0.5) is 0 Å².